The van der Waals surface area contributed by atoms with Gasteiger partial charge in [-0.05, 0) is 61.7 Å². The first-order chi connectivity index (χ1) is 18.7. The fraction of sp³-hybridized carbons (Fsp3) is 0.258. The summed E-state index contributed by atoms with van der Waals surface area (Å²) in [6.45, 7) is 6.52. The number of amides is 1. The normalized spacial score (nSPS) is 18.0. The van der Waals surface area contributed by atoms with Crippen LogP contribution in [0.5, 0.6) is 0 Å². The van der Waals surface area contributed by atoms with E-state index in [1.807, 2.05) is 53.4 Å². The summed E-state index contributed by atoms with van der Waals surface area (Å²) in [5.74, 6) is 0.685. The molecule has 1 atom stereocenters. The Hall–Kier alpha value is -3.00. The second-order valence-corrected chi connectivity index (χ2v) is 13.0. The lowest BCUT2D eigenvalue weighted by Gasteiger charge is -2.51. The predicted molar refractivity (Wildman–Crippen MR) is 162 cm³/mol. The Labute approximate surface area is 242 Å². The van der Waals surface area contributed by atoms with Crippen LogP contribution >= 0.6 is 35.1 Å². The Morgan fingerprint density at radius 1 is 0.974 bits per heavy atom. The van der Waals surface area contributed by atoms with Crippen LogP contribution in [-0.2, 0) is 16.0 Å². The van der Waals surface area contributed by atoms with Crippen LogP contribution in [0.15, 0.2) is 99.8 Å². The van der Waals surface area contributed by atoms with E-state index in [4.69, 9.17) is 11.6 Å². The molecule has 8 heteroatoms. The lowest BCUT2D eigenvalue weighted by atomic mass is 9.65. The van der Waals surface area contributed by atoms with Gasteiger partial charge in [0.15, 0.2) is 5.16 Å². The zero-order valence-electron chi connectivity index (χ0n) is 22.1. The summed E-state index contributed by atoms with van der Waals surface area (Å²) >= 11 is 8.81. The minimum atomic E-state index is -0.422. The van der Waals surface area contributed by atoms with Crippen molar-refractivity contribution in [2.45, 2.75) is 54.0 Å². The highest BCUT2D eigenvalue weighted by molar-refractivity contribution is 7.99. The highest BCUT2D eigenvalue weighted by Gasteiger charge is 2.47. The van der Waals surface area contributed by atoms with Crippen LogP contribution in [0.3, 0.4) is 0 Å². The predicted octanol–water partition coefficient (Wildman–Crippen LogP) is 7.33. The van der Waals surface area contributed by atoms with Crippen LogP contribution in [0.1, 0.15) is 44.0 Å². The minimum absolute atomic E-state index is 0.0175. The number of fused-ring (bicyclic) bond motifs is 1. The third-order valence-corrected chi connectivity index (χ3v) is 9.25. The SMILES string of the molecule is CC1(C)C[C@@](C)(c2ccccc2)c2ccccc2N1C(=O)CSc1nc(CSc2ccc(Cl)cc2)cc(=O)[nH]1. The Balaban J connectivity index is 1.35. The summed E-state index contributed by atoms with van der Waals surface area (Å²) in [5.41, 5.74) is 3.09. The van der Waals surface area contributed by atoms with Crippen molar-refractivity contribution in [3.05, 3.63) is 117 Å². The molecule has 0 saturated carbocycles. The first kappa shape index (κ1) is 27.6. The van der Waals surface area contributed by atoms with Crippen molar-refractivity contribution in [2.75, 3.05) is 10.7 Å². The Bertz CT molecular complexity index is 1540. The van der Waals surface area contributed by atoms with Crippen molar-refractivity contribution < 1.29 is 4.79 Å². The number of nitrogens with zero attached hydrogens (tertiary/aromatic N) is 2. The maximum absolute atomic E-state index is 13.8. The number of aromatic amines is 1. The molecule has 4 aromatic rings. The maximum atomic E-state index is 13.8. The molecule has 0 spiro atoms. The van der Waals surface area contributed by atoms with E-state index in [-0.39, 0.29) is 22.6 Å². The quantitative estimate of drug-likeness (QED) is 0.185. The van der Waals surface area contributed by atoms with Gasteiger partial charge in [-0.15, -0.1) is 11.8 Å². The molecule has 0 radical (unpaired) electrons. The van der Waals surface area contributed by atoms with Gasteiger partial charge in [0.1, 0.15) is 0 Å². The second kappa shape index (κ2) is 11.2. The van der Waals surface area contributed by atoms with Gasteiger partial charge in [0.05, 0.1) is 11.4 Å². The van der Waals surface area contributed by atoms with Crippen molar-refractivity contribution in [3.63, 3.8) is 0 Å². The molecule has 2 heterocycles. The molecular weight excluding hydrogens is 546 g/mol. The van der Waals surface area contributed by atoms with Gasteiger partial charge in [0.2, 0.25) is 5.91 Å². The summed E-state index contributed by atoms with van der Waals surface area (Å²) < 4.78 is 0. The van der Waals surface area contributed by atoms with Gasteiger partial charge >= 0.3 is 0 Å². The van der Waals surface area contributed by atoms with Crippen LogP contribution in [-0.4, -0.2) is 27.2 Å². The first-order valence-corrected chi connectivity index (χ1v) is 15.1. The number of aromatic nitrogens is 2. The number of thioether (sulfide) groups is 2. The standard InChI is InChI=1S/C31H30ClN3O2S2/c1-30(2)20-31(3,21-9-5-4-6-10-21)25-11-7-8-12-26(25)35(30)28(37)19-39-29-33-23(17-27(36)34-29)18-38-24-15-13-22(32)14-16-24/h4-17H,18-20H2,1-3H3,(H,33,34,36)/t31-/m0/s1. The average Bonchev–Trinajstić information content (AvgIpc) is 2.91. The van der Waals surface area contributed by atoms with Crippen molar-refractivity contribution in [1.29, 1.82) is 0 Å². The van der Waals surface area contributed by atoms with Crippen LogP contribution in [0.25, 0.3) is 0 Å². The monoisotopic (exact) mass is 575 g/mol. The van der Waals surface area contributed by atoms with E-state index in [0.29, 0.717) is 21.6 Å². The zero-order valence-corrected chi connectivity index (χ0v) is 24.5. The number of carbonyl (C=O) groups excluding carboxylic acids is 1. The van der Waals surface area contributed by atoms with Crippen molar-refractivity contribution in [1.82, 2.24) is 9.97 Å². The van der Waals surface area contributed by atoms with Crippen molar-refractivity contribution >= 4 is 46.7 Å². The van der Waals surface area contributed by atoms with E-state index in [1.54, 1.807) is 11.8 Å². The molecule has 5 nitrogen and oxygen atoms in total. The number of H-pyrrole nitrogens is 1. The number of nitrogens with one attached hydrogen (secondary N) is 1. The van der Waals surface area contributed by atoms with Gasteiger partial charge in [-0.1, -0.05) is 78.8 Å². The molecule has 1 aliphatic heterocycles. The summed E-state index contributed by atoms with van der Waals surface area (Å²) in [6.07, 6.45) is 0.782. The topological polar surface area (TPSA) is 66.1 Å². The van der Waals surface area contributed by atoms with Crippen molar-refractivity contribution in [2.24, 2.45) is 0 Å². The third kappa shape index (κ3) is 5.96. The molecule has 0 fully saturated rings. The smallest absolute Gasteiger partial charge is 0.251 e. The van der Waals surface area contributed by atoms with E-state index < -0.39 is 5.54 Å². The van der Waals surface area contributed by atoms with Crippen LogP contribution in [0.4, 0.5) is 5.69 Å². The molecule has 5 rings (SSSR count). The maximum Gasteiger partial charge on any atom is 0.251 e. The molecule has 0 unspecified atom stereocenters. The molecular formula is C31H30ClN3O2S2. The Morgan fingerprint density at radius 2 is 1.67 bits per heavy atom. The highest BCUT2D eigenvalue weighted by Crippen LogP contribution is 2.50. The molecule has 1 N–H and O–H groups in total. The van der Waals surface area contributed by atoms with Gasteiger partial charge in [-0.3, -0.25) is 9.59 Å². The number of hydrogen-bond acceptors (Lipinski definition) is 5. The Morgan fingerprint density at radius 3 is 2.41 bits per heavy atom. The molecule has 3 aromatic carbocycles. The zero-order chi connectivity index (χ0) is 27.6. The van der Waals surface area contributed by atoms with Gasteiger partial charge in [-0.2, -0.15) is 0 Å². The third-order valence-electron chi connectivity index (χ3n) is 7.10. The fourth-order valence-electron chi connectivity index (χ4n) is 5.54. The lowest BCUT2D eigenvalue weighted by Crippen LogP contribution is -2.56. The number of hydrogen-bond donors (Lipinski definition) is 1. The van der Waals surface area contributed by atoms with Crippen molar-refractivity contribution in [3.8, 4) is 0 Å². The average molecular weight is 576 g/mol. The molecule has 39 heavy (non-hydrogen) atoms. The summed E-state index contributed by atoms with van der Waals surface area (Å²) in [4.78, 5) is 36.5. The molecule has 0 bridgehead atoms. The summed E-state index contributed by atoms with van der Waals surface area (Å²) in [5, 5.41) is 1.13. The first-order valence-electron chi connectivity index (χ1n) is 12.8. The van der Waals surface area contributed by atoms with E-state index in [9.17, 15) is 9.59 Å². The second-order valence-electron chi connectivity index (χ2n) is 10.5. The summed E-state index contributed by atoms with van der Waals surface area (Å²) in [6, 6.07) is 27.8. The van der Waals surface area contributed by atoms with Gasteiger partial charge in [0.25, 0.3) is 5.56 Å². The number of halogens is 1. The largest absolute Gasteiger partial charge is 0.306 e. The van der Waals surface area contributed by atoms with Crippen LogP contribution in [0.2, 0.25) is 5.02 Å². The van der Waals surface area contributed by atoms with E-state index in [1.165, 1.54) is 23.4 Å². The van der Waals surface area contributed by atoms with Gasteiger partial charge in [0, 0.05) is 38.4 Å². The number of anilines is 1. The molecule has 1 aromatic heterocycles. The molecule has 0 saturated heterocycles. The number of para-hydroxylation sites is 1. The fourth-order valence-corrected chi connectivity index (χ4v) is 7.21. The number of benzene rings is 3. The van der Waals surface area contributed by atoms with Gasteiger partial charge < -0.3 is 9.88 Å². The number of rotatable bonds is 7. The molecule has 200 valence electrons. The highest BCUT2D eigenvalue weighted by atomic mass is 35.5. The summed E-state index contributed by atoms with van der Waals surface area (Å²) in [7, 11) is 0. The van der Waals surface area contributed by atoms with E-state index >= 15 is 0 Å². The number of carbonyl (C=O) groups is 1. The molecule has 1 aliphatic rings. The lowest BCUT2D eigenvalue weighted by molar-refractivity contribution is -0.117. The van der Waals surface area contributed by atoms with E-state index in [0.717, 1.165) is 22.6 Å². The van der Waals surface area contributed by atoms with Crippen LogP contribution < -0.4 is 10.5 Å². The molecule has 1 amide bonds. The van der Waals surface area contributed by atoms with Gasteiger partial charge in [-0.25, -0.2) is 4.98 Å². The van der Waals surface area contributed by atoms with E-state index in [2.05, 4.69) is 61.1 Å². The minimum Gasteiger partial charge on any atom is -0.306 e. The molecule has 0 aliphatic carbocycles. The van der Waals surface area contributed by atoms with Crippen LogP contribution in [0, 0.1) is 0 Å². The Kier molecular flexibility index (Phi) is 7.94.